The van der Waals surface area contributed by atoms with Gasteiger partial charge in [-0.15, -0.1) is 6.42 Å². The number of nitrogens with zero attached hydrogens (tertiary/aromatic N) is 1. The van der Waals surface area contributed by atoms with Gasteiger partial charge in [-0.2, -0.15) is 0 Å². The SMILES string of the molecule is C#CCOC(C#[N+][O-])(CC)C(C)=O. The number of carbonyl (C=O) groups is 1. The number of ketones is 1. The molecule has 13 heavy (non-hydrogen) atoms. The molecule has 0 radical (unpaired) electrons. The van der Waals surface area contributed by atoms with E-state index < -0.39 is 5.60 Å². The van der Waals surface area contributed by atoms with Crippen molar-refractivity contribution in [2.24, 2.45) is 0 Å². The highest BCUT2D eigenvalue weighted by atomic mass is 16.5. The van der Waals surface area contributed by atoms with E-state index in [1.807, 2.05) is 0 Å². The number of hydrogen-bond acceptors (Lipinski definition) is 3. The molecule has 0 N–H and O–H groups in total. The minimum atomic E-state index is -1.37. The Balaban J connectivity index is 4.74. The van der Waals surface area contributed by atoms with E-state index in [0.717, 1.165) is 0 Å². The molecule has 0 amide bonds. The van der Waals surface area contributed by atoms with E-state index in [4.69, 9.17) is 11.2 Å². The highest BCUT2D eigenvalue weighted by Gasteiger charge is 2.39. The summed E-state index contributed by atoms with van der Waals surface area (Å²) in [6, 6.07) is 2.08. The van der Waals surface area contributed by atoms with Crippen molar-refractivity contribution in [1.29, 1.82) is 0 Å². The van der Waals surface area contributed by atoms with Gasteiger partial charge in [0.25, 0.3) is 5.60 Å². The maximum Gasteiger partial charge on any atom is 0.342 e. The van der Waals surface area contributed by atoms with Crippen LogP contribution in [0.3, 0.4) is 0 Å². The van der Waals surface area contributed by atoms with Crippen molar-refractivity contribution >= 4 is 5.78 Å². The van der Waals surface area contributed by atoms with E-state index in [9.17, 15) is 10.0 Å². The van der Waals surface area contributed by atoms with E-state index in [-0.39, 0.29) is 18.8 Å². The number of rotatable bonds is 4. The van der Waals surface area contributed by atoms with Crippen LogP contribution in [-0.4, -0.2) is 18.0 Å². The molecule has 4 nitrogen and oxygen atoms in total. The van der Waals surface area contributed by atoms with Gasteiger partial charge in [0.15, 0.2) is 5.78 Å². The third-order valence-corrected chi connectivity index (χ3v) is 1.69. The van der Waals surface area contributed by atoms with Crippen LogP contribution in [0.5, 0.6) is 0 Å². The maximum absolute atomic E-state index is 11.1. The van der Waals surface area contributed by atoms with Gasteiger partial charge in [0.05, 0.1) is 0 Å². The second-order valence-electron chi connectivity index (χ2n) is 2.43. The molecular weight excluding hydrogens is 170 g/mol. The smallest absolute Gasteiger partial charge is 0.342 e. The average Bonchev–Trinajstić information content (AvgIpc) is 2.12. The number of terminal acetylenes is 1. The first kappa shape index (κ1) is 11.5. The molecule has 0 aliphatic heterocycles. The van der Waals surface area contributed by atoms with Crippen molar-refractivity contribution < 1.29 is 9.53 Å². The predicted octanol–water partition coefficient (Wildman–Crippen LogP) is 1.20. The zero-order chi connectivity index (χ0) is 10.3. The Kier molecular flexibility index (Phi) is 4.58. The first-order valence-corrected chi connectivity index (χ1v) is 3.81. The fraction of sp³-hybridized carbons (Fsp3) is 0.556. The van der Waals surface area contributed by atoms with Gasteiger partial charge in [-0.05, 0) is 13.3 Å². The van der Waals surface area contributed by atoms with Crippen LogP contribution in [0.2, 0.25) is 0 Å². The summed E-state index contributed by atoms with van der Waals surface area (Å²) >= 11 is 0. The second-order valence-corrected chi connectivity index (χ2v) is 2.43. The van der Waals surface area contributed by atoms with Gasteiger partial charge in [-0.25, -0.2) is 0 Å². The summed E-state index contributed by atoms with van der Waals surface area (Å²) in [6.07, 6.45) is 5.25. The van der Waals surface area contributed by atoms with Crippen LogP contribution in [0, 0.1) is 23.6 Å². The number of ether oxygens (including phenoxy) is 1. The maximum atomic E-state index is 11.1. The van der Waals surface area contributed by atoms with E-state index in [0.29, 0.717) is 0 Å². The Morgan fingerprint density at radius 2 is 2.38 bits per heavy atom. The van der Waals surface area contributed by atoms with E-state index in [1.165, 1.54) is 6.92 Å². The van der Waals surface area contributed by atoms with Gasteiger partial charge in [-0.1, -0.05) is 12.8 Å². The lowest BCUT2D eigenvalue weighted by Crippen LogP contribution is -2.38. The fourth-order valence-electron chi connectivity index (χ4n) is 0.881. The highest BCUT2D eigenvalue weighted by molar-refractivity contribution is 5.88. The molecule has 0 rings (SSSR count). The lowest BCUT2D eigenvalue weighted by atomic mass is 9.98. The molecular formula is C9H11NO3. The van der Waals surface area contributed by atoms with E-state index in [2.05, 4.69) is 17.0 Å². The molecule has 0 aromatic rings. The van der Waals surface area contributed by atoms with Crippen LogP contribution in [-0.2, 0) is 9.53 Å². The lowest BCUT2D eigenvalue weighted by Gasteiger charge is -2.17. The zero-order valence-corrected chi connectivity index (χ0v) is 7.66. The number of carbonyl (C=O) groups excluding carboxylic acids is 1. The molecule has 0 aliphatic carbocycles. The molecule has 0 aromatic carbocycles. The zero-order valence-electron chi connectivity index (χ0n) is 7.66. The van der Waals surface area contributed by atoms with Crippen molar-refractivity contribution in [2.75, 3.05) is 6.61 Å². The van der Waals surface area contributed by atoms with E-state index >= 15 is 0 Å². The van der Waals surface area contributed by atoms with Crippen LogP contribution in [0.15, 0.2) is 0 Å². The number of hydrogen-bond donors (Lipinski definition) is 0. The van der Waals surface area contributed by atoms with E-state index in [1.54, 1.807) is 6.92 Å². The van der Waals surface area contributed by atoms with Crippen LogP contribution in [0.25, 0.3) is 5.01 Å². The standard InChI is InChI=1S/C9H11NO3/c1-4-6-13-9(5-2,7-10-12)8(3)11/h1H,5-6H2,2-3H3. The molecule has 0 saturated heterocycles. The fourth-order valence-corrected chi connectivity index (χ4v) is 0.881. The third-order valence-electron chi connectivity index (χ3n) is 1.69. The lowest BCUT2D eigenvalue weighted by molar-refractivity contribution is -0.134. The summed E-state index contributed by atoms with van der Waals surface area (Å²) < 4.78 is 5.04. The first-order valence-electron chi connectivity index (χ1n) is 3.81. The van der Waals surface area contributed by atoms with Crippen molar-refractivity contribution in [3.63, 3.8) is 0 Å². The van der Waals surface area contributed by atoms with Crippen LogP contribution < -0.4 is 0 Å². The van der Waals surface area contributed by atoms with Crippen molar-refractivity contribution in [3.8, 4) is 18.4 Å². The summed E-state index contributed by atoms with van der Waals surface area (Å²) in [7, 11) is 0. The van der Waals surface area contributed by atoms with Crippen molar-refractivity contribution in [3.05, 3.63) is 10.2 Å². The summed E-state index contributed by atoms with van der Waals surface area (Å²) in [6.45, 7) is 2.95. The normalized spacial score (nSPS) is 13.3. The minimum Gasteiger partial charge on any atom is -0.498 e. The van der Waals surface area contributed by atoms with Crippen molar-refractivity contribution in [1.82, 2.24) is 0 Å². The number of Topliss-reactive ketones (excluding diaryl/α,β-unsaturated/α-hetero) is 1. The molecule has 0 bridgehead atoms. The quantitative estimate of drug-likeness (QED) is 0.483. The van der Waals surface area contributed by atoms with Gasteiger partial charge in [0.2, 0.25) is 0 Å². The molecule has 0 heterocycles. The average molecular weight is 181 g/mol. The van der Waals surface area contributed by atoms with Crippen LogP contribution >= 0.6 is 0 Å². The van der Waals surface area contributed by atoms with Gasteiger partial charge in [0, 0.05) is 5.01 Å². The van der Waals surface area contributed by atoms with Crippen LogP contribution in [0.1, 0.15) is 20.3 Å². The summed E-state index contributed by atoms with van der Waals surface area (Å²) in [5.74, 6) is 1.88. The molecule has 0 aliphatic rings. The molecule has 0 fully saturated rings. The molecule has 1 unspecified atom stereocenters. The highest BCUT2D eigenvalue weighted by Crippen LogP contribution is 2.16. The molecule has 0 aromatic heterocycles. The summed E-state index contributed by atoms with van der Waals surface area (Å²) in [5.41, 5.74) is -1.37. The Hall–Kier alpha value is -1.52. The van der Waals surface area contributed by atoms with Crippen LogP contribution in [0.4, 0.5) is 0 Å². The van der Waals surface area contributed by atoms with Gasteiger partial charge < -0.3 is 9.94 Å². The topological polar surface area (TPSA) is 53.7 Å². The molecule has 1 atom stereocenters. The van der Waals surface area contributed by atoms with Gasteiger partial charge in [-0.3, -0.25) is 4.79 Å². The molecule has 4 heteroatoms. The summed E-state index contributed by atoms with van der Waals surface area (Å²) in [5, 5.41) is 12.4. The monoisotopic (exact) mass is 181 g/mol. The Morgan fingerprint density at radius 1 is 1.77 bits per heavy atom. The molecule has 0 saturated carbocycles. The largest absolute Gasteiger partial charge is 0.498 e. The second kappa shape index (κ2) is 5.18. The Bertz CT molecular complexity index is 281. The Labute approximate surface area is 77.3 Å². The van der Waals surface area contributed by atoms with Gasteiger partial charge >= 0.3 is 6.07 Å². The molecule has 70 valence electrons. The molecule has 0 spiro atoms. The van der Waals surface area contributed by atoms with Crippen molar-refractivity contribution in [2.45, 2.75) is 25.9 Å². The summed E-state index contributed by atoms with van der Waals surface area (Å²) in [4.78, 5) is 11.1. The Morgan fingerprint density at radius 3 is 2.69 bits per heavy atom. The van der Waals surface area contributed by atoms with Gasteiger partial charge in [0.1, 0.15) is 6.61 Å². The minimum absolute atomic E-state index is 0.0457. The predicted molar refractivity (Wildman–Crippen MR) is 49.1 cm³/mol. The third kappa shape index (κ3) is 2.77. The first-order chi connectivity index (χ1) is 6.13.